The molecule has 2 heteroatoms. The summed E-state index contributed by atoms with van der Waals surface area (Å²) in [5.74, 6) is 0. The van der Waals surface area contributed by atoms with E-state index in [4.69, 9.17) is 9.84 Å². The van der Waals surface area contributed by atoms with Crippen LogP contribution in [-0.2, 0) is 4.74 Å². The molecule has 1 N–H and O–H groups in total. The topological polar surface area (TPSA) is 32.8 Å². The van der Waals surface area contributed by atoms with Gasteiger partial charge in [-0.15, -0.1) is 0 Å². The third kappa shape index (κ3) is 4.06. The van der Waals surface area contributed by atoms with Gasteiger partial charge in [0.1, 0.15) is 6.10 Å². The van der Waals surface area contributed by atoms with Crippen LogP contribution in [-0.4, -0.2) is 23.9 Å². The number of hydrogen-bond donors (Lipinski definition) is 1. The number of ether oxygens (including phenoxy) is 1. The van der Waals surface area contributed by atoms with E-state index >= 15 is 0 Å². The fourth-order valence-corrected chi connectivity index (χ4v) is 1.13. The summed E-state index contributed by atoms with van der Waals surface area (Å²) < 4.78 is 5.16. The van der Waals surface area contributed by atoms with Gasteiger partial charge >= 0.3 is 0 Å². The maximum absolute atomic E-state index is 8.68. The zero-order valence-corrected chi connectivity index (χ0v) is 7.73. The molecule has 1 heterocycles. The van der Waals surface area contributed by atoms with Crippen LogP contribution < -0.4 is 0 Å². The molecule has 1 fully saturated rings. The van der Waals surface area contributed by atoms with Crippen LogP contribution in [0.15, 0.2) is 37.0 Å². The third-order valence-electron chi connectivity index (χ3n) is 1.95. The summed E-state index contributed by atoms with van der Waals surface area (Å²) in [7, 11) is 0. The maximum Gasteiger partial charge on any atom is 0.107 e. The lowest BCUT2D eigenvalue weighted by molar-refractivity contribution is 0.242. The largest absolute Gasteiger partial charge is 0.394 e. The van der Waals surface area contributed by atoms with Gasteiger partial charge in [-0.1, -0.05) is 37.0 Å². The molecule has 1 saturated heterocycles. The minimum Gasteiger partial charge on any atom is -0.394 e. The molecule has 1 rings (SSSR count). The van der Waals surface area contributed by atoms with Crippen LogP contribution in [0.25, 0.3) is 0 Å². The van der Waals surface area contributed by atoms with E-state index in [1.807, 2.05) is 12.2 Å². The summed E-state index contributed by atoms with van der Waals surface area (Å²) in [5.41, 5.74) is 0. The van der Waals surface area contributed by atoms with Gasteiger partial charge < -0.3 is 9.84 Å². The smallest absolute Gasteiger partial charge is 0.107 e. The molecule has 0 aliphatic carbocycles. The second-order valence-corrected chi connectivity index (χ2v) is 3.00. The molecular weight excluding hydrogens is 164 g/mol. The highest BCUT2D eigenvalue weighted by Crippen LogP contribution is 2.24. The Morgan fingerprint density at radius 1 is 1.23 bits per heavy atom. The van der Waals surface area contributed by atoms with Gasteiger partial charge in [-0.25, -0.2) is 0 Å². The van der Waals surface area contributed by atoms with Gasteiger partial charge in [0.25, 0.3) is 0 Å². The molecule has 2 nitrogen and oxygen atoms in total. The summed E-state index contributed by atoms with van der Waals surface area (Å²) in [4.78, 5) is 0. The van der Waals surface area contributed by atoms with Crippen LogP contribution in [0, 0.1) is 0 Å². The fourth-order valence-electron chi connectivity index (χ4n) is 1.13. The maximum atomic E-state index is 8.68. The Kier molecular flexibility index (Phi) is 4.50. The standard InChI is InChI=1S/C11H16O2/c1-2-3-4-5-6-7-8-10-11(9-12)13-10/h2-4,6-7,10-12H,1,5,8-9H2. The van der Waals surface area contributed by atoms with Crippen LogP contribution in [0.5, 0.6) is 0 Å². The van der Waals surface area contributed by atoms with Crippen molar-refractivity contribution in [2.24, 2.45) is 0 Å². The van der Waals surface area contributed by atoms with Crippen molar-refractivity contribution in [1.29, 1.82) is 0 Å². The van der Waals surface area contributed by atoms with Gasteiger partial charge in [-0.3, -0.25) is 0 Å². The van der Waals surface area contributed by atoms with Gasteiger partial charge in [-0.2, -0.15) is 0 Å². The normalized spacial score (nSPS) is 27.2. The number of allylic oxidation sites excluding steroid dienone is 4. The number of epoxide rings is 1. The van der Waals surface area contributed by atoms with Crippen LogP contribution in [0.2, 0.25) is 0 Å². The van der Waals surface area contributed by atoms with Crippen molar-refractivity contribution in [3.05, 3.63) is 37.0 Å². The molecule has 0 aromatic carbocycles. The lowest BCUT2D eigenvalue weighted by Crippen LogP contribution is -1.97. The second-order valence-electron chi connectivity index (χ2n) is 3.00. The minimum absolute atomic E-state index is 0.0911. The van der Waals surface area contributed by atoms with E-state index in [0.29, 0.717) is 0 Å². The summed E-state index contributed by atoms with van der Waals surface area (Å²) in [6.07, 6.45) is 12.1. The Bertz CT molecular complexity index is 206. The number of rotatable bonds is 6. The highest BCUT2D eigenvalue weighted by atomic mass is 16.6. The molecular formula is C11H16O2. The van der Waals surface area contributed by atoms with E-state index in [2.05, 4.69) is 18.7 Å². The first kappa shape index (κ1) is 10.2. The Balaban J connectivity index is 1.99. The third-order valence-corrected chi connectivity index (χ3v) is 1.95. The SMILES string of the molecule is C=CC=CCC=CCC1OC1CO. The molecule has 0 amide bonds. The van der Waals surface area contributed by atoms with Crippen molar-refractivity contribution >= 4 is 0 Å². The summed E-state index contributed by atoms with van der Waals surface area (Å²) in [6, 6.07) is 0. The molecule has 1 aliphatic heterocycles. The van der Waals surface area contributed by atoms with E-state index in [9.17, 15) is 0 Å². The number of aliphatic hydroxyl groups is 1. The number of aliphatic hydroxyl groups excluding tert-OH is 1. The zero-order valence-electron chi connectivity index (χ0n) is 7.73. The second kappa shape index (κ2) is 5.73. The molecule has 0 aromatic rings. The lowest BCUT2D eigenvalue weighted by atomic mass is 10.2. The van der Waals surface area contributed by atoms with Crippen molar-refractivity contribution in [3.8, 4) is 0 Å². The first-order valence-corrected chi connectivity index (χ1v) is 4.57. The first-order valence-electron chi connectivity index (χ1n) is 4.57. The summed E-state index contributed by atoms with van der Waals surface area (Å²) >= 11 is 0. The predicted octanol–water partition coefficient (Wildman–Crippen LogP) is 1.82. The van der Waals surface area contributed by atoms with E-state index in [-0.39, 0.29) is 18.8 Å². The van der Waals surface area contributed by atoms with Crippen molar-refractivity contribution in [2.45, 2.75) is 25.0 Å². The molecule has 0 bridgehead atoms. The van der Waals surface area contributed by atoms with E-state index in [0.717, 1.165) is 12.8 Å². The Labute approximate surface area is 79.2 Å². The summed E-state index contributed by atoms with van der Waals surface area (Å²) in [5, 5.41) is 8.68. The van der Waals surface area contributed by atoms with Crippen LogP contribution in [0.4, 0.5) is 0 Å². The van der Waals surface area contributed by atoms with Gasteiger partial charge in [0.15, 0.2) is 0 Å². The minimum atomic E-state index is 0.0911. The van der Waals surface area contributed by atoms with Crippen molar-refractivity contribution in [2.75, 3.05) is 6.61 Å². The quantitative estimate of drug-likeness (QED) is 0.384. The Morgan fingerprint density at radius 3 is 2.69 bits per heavy atom. The molecule has 0 aromatic heterocycles. The molecule has 0 saturated carbocycles. The van der Waals surface area contributed by atoms with Crippen LogP contribution >= 0.6 is 0 Å². The van der Waals surface area contributed by atoms with Gasteiger partial charge in [-0.05, 0) is 12.8 Å². The van der Waals surface area contributed by atoms with E-state index in [1.165, 1.54) is 0 Å². The van der Waals surface area contributed by atoms with Crippen molar-refractivity contribution in [1.82, 2.24) is 0 Å². The molecule has 0 spiro atoms. The molecule has 13 heavy (non-hydrogen) atoms. The first-order chi connectivity index (χ1) is 6.38. The van der Waals surface area contributed by atoms with Crippen molar-refractivity contribution < 1.29 is 9.84 Å². The van der Waals surface area contributed by atoms with E-state index in [1.54, 1.807) is 6.08 Å². The zero-order chi connectivity index (χ0) is 9.52. The monoisotopic (exact) mass is 180 g/mol. The van der Waals surface area contributed by atoms with Crippen molar-refractivity contribution in [3.63, 3.8) is 0 Å². The average Bonchev–Trinajstić information content (AvgIpc) is 2.90. The van der Waals surface area contributed by atoms with Gasteiger partial charge in [0, 0.05) is 0 Å². The highest BCUT2D eigenvalue weighted by Gasteiger charge is 2.36. The number of hydrogen-bond acceptors (Lipinski definition) is 2. The molecule has 2 unspecified atom stereocenters. The van der Waals surface area contributed by atoms with E-state index < -0.39 is 0 Å². The average molecular weight is 180 g/mol. The lowest BCUT2D eigenvalue weighted by Gasteiger charge is -1.84. The highest BCUT2D eigenvalue weighted by molar-refractivity contribution is 5.02. The molecule has 1 aliphatic rings. The molecule has 0 radical (unpaired) electrons. The molecule has 72 valence electrons. The summed E-state index contributed by atoms with van der Waals surface area (Å²) in [6.45, 7) is 3.73. The van der Waals surface area contributed by atoms with Crippen LogP contribution in [0.1, 0.15) is 12.8 Å². The Hall–Kier alpha value is -0.860. The fraction of sp³-hybridized carbons (Fsp3) is 0.455. The Morgan fingerprint density at radius 2 is 2.08 bits per heavy atom. The van der Waals surface area contributed by atoms with Gasteiger partial charge in [0.2, 0.25) is 0 Å². The van der Waals surface area contributed by atoms with Crippen LogP contribution in [0.3, 0.4) is 0 Å². The van der Waals surface area contributed by atoms with Gasteiger partial charge in [0.05, 0.1) is 12.7 Å². The predicted molar refractivity (Wildman–Crippen MR) is 53.5 cm³/mol. The molecule has 2 atom stereocenters.